The Labute approximate surface area is 82.6 Å². The Morgan fingerprint density at radius 2 is 2.00 bits per heavy atom. The average Bonchev–Trinajstić information content (AvgIpc) is 2.17. The van der Waals surface area contributed by atoms with Gasteiger partial charge in [0.15, 0.2) is 0 Å². The molecule has 0 rings (SSSR count). The molecule has 0 aliphatic heterocycles. The molecule has 0 aliphatic carbocycles. The molecule has 1 unspecified atom stereocenters. The summed E-state index contributed by atoms with van der Waals surface area (Å²) >= 11 is 0. The predicted molar refractivity (Wildman–Crippen MR) is 55.7 cm³/mol. The van der Waals surface area contributed by atoms with Crippen molar-refractivity contribution in [2.75, 3.05) is 19.8 Å². The van der Waals surface area contributed by atoms with Gasteiger partial charge in [-0.15, -0.1) is 0 Å². The summed E-state index contributed by atoms with van der Waals surface area (Å²) in [5, 5.41) is 0. The molecule has 2 heteroatoms. The lowest BCUT2D eigenvalue weighted by atomic mass is 10.1. The van der Waals surface area contributed by atoms with E-state index in [0.29, 0.717) is 19.3 Å². The molecule has 0 amide bonds. The maximum Gasteiger partial charge on any atom is 0.0704 e. The largest absolute Gasteiger partial charge is 0.379 e. The monoisotopic (exact) mass is 187 g/mol. The predicted octanol–water partition coefficient (Wildman–Crippen LogP) is 2.82. The van der Waals surface area contributed by atoms with Crippen molar-refractivity contribution in [3.05, 3.63) is 6.92 Å². The van der Waals surface area contributed by atoms with Crippen molar-refractivity contribution in [1.29, 1.82) is 0 Å². The van der Waals surface area contributed by atoms with Gasteiger partial charge in [-0.1, -0.05) is 26.7 Å². The molecule has 0 aliphatic rings. The van der Waals surface area contributed by atoms with E-state index in [1.165, 1.54) is 12.8 Å². The summed E-state index contributed by atoms with van der Waals surface area (Å²) in [4.78, 5) is 0. The lowest BCUT2D eigenvalue weighted by Gasteiger charge is -2.15. The summed E-state index contributed by atoms with van der Waals surface area (Å²) in [7, 11) is 0. The Bertz CT molecular complexity index is 94.1. The van der Waals surface area contributed by atoms with Gasteiger partial charge in [0, 0.05) is 6.61 Å². The van der Waals surface area contributed by atoms with Crippen LogP contribution in [-0.4, -0.2) is 25.9 Å². The Balaban J connectivity index is 3.25. The minimum absolute atomic E-state index is 0.334. The summed E-state index contributed by atoms with van der Waals surface area (Å²) in [6.45, 7) is 10.2. The van der Waals surface area contributed by atoms with Crippen LogP contribution >= 0.6 is 0 Å². The molecule has 0 aromatic carbocycles. The molecule has 0 aromatic rings. The van der Waals surface area contributed by atoms with Gasteiger partial charge < -0.3 is 9.47 Å². The standard InChI is InChI=1S/C11H23O2/c1-4-7-8-11(5-2)13-10-9-12-6-3/h11H,2,4-10H2,1,3H3. The molecule has 13 heavy (non-hydrogen) atoms. The molecule has 0 aromatic heterocycles. The number of hydrogen-bond acceptors (Lipinski definition) is 2. The van der Waals surface area contributed by atoms with Crippen LogP contribution in [0.2, 0.25) is 0 Å². The van der Waals surface area contributed by atoms with Gasteiger partial charge in [-0.2, -0.15) is 0 Å². The Hall–Kier alpha value is -0.0800. The van der Waals surface area contributed by atoms with Crippen LogP contribution in [0.4, 0.5) is 0 Å². The smallest absolute Gasteiger partial charge is 0.0704 e. The van der Waals surface area contributed by atoms with E-state index in [1.54, 1.807) is 0 Å². The molecule has 1 radical (unpaired) electrons. The third-order valence-electron chi connectivity index (χ3n) is 1.99. The van der Waals surface area contributed by atoms with Crippen LogP contribution in [0.3, 0.4) is 0 Å². The normalized spacial score (nSPS) is 13.2. The van der Waals surface area contributed by atoms with Gasteiger partial charge in [0.05, 0.1) is 19.3 Å². The van der Waals surface area contributed by atoms with E-state index in [1.807, 2.05) is 6.92 Å². The van der Waals surface area contributed by atoms with Crippen LogP contribution in [0.25, 0.3) is 0 Å². The Morgan fingerprint density at radius 3 is 2.54 bits per heavy atom. The van der Waals surface area contributed by atoms with Crippen LogP contribution in [-0.2, 0) is 9.47 Å². The highest BCUT2D eigenvalue weighted by Gasteiger charge is 2.04. The molecule has 0 fully saturated rings. The second-order valence-corrected chi connectivity index (χ2v) is 3.12. The van der Waals surface area contributed by atoms with E-state index in [0.717, 1.165) is 19.4 Å². The Kier molecular flexibility index (Phi) is 9.94. The van der Waals surface area contributed by atoms with Crippen LogP contribution in [0.5, 0.6) is 0 Å². The fourth-order valence-corrected chi connectivity index (χ4v) is 1.16. The topological polar surface area (TPSA) is 18.5 Å². The van der Waals surface area contributed by atoms with Crippen LogP contribution in [0.15, 0.2) is 0 Å². The summed E-state index contributed by atoms with van der Waals surface area (Å²) < 4.78 is 10.8. The van der Waals surface area contributed by atoms with Crippen molar-refractivity contribution < 1.29 is 9.47 Å². The third kappa shape index (κ3) is 8.26. The van der Waals surface area contributed by atoms with E-state index in [9.17, 15) is 0 Å². The van der Waals surface area contributed by atoms with Crippen molar-refractivity contribution in [2.24, 2.45) is 0 Å². The highest BCUT2D eigenvalue weighted by molar-refractivity contribution is 4.59. The third-order valence-corrected chi connectivity index (χ3v) is 1.99. The maximum atomic E-state index is 5.61. The van der Waals surface area contributed by atoms with Crippen LogP contribution in [0, 0.1) is 6.92 Å². The van der Waals surface area contributed by atoms with E-state index in [-0.39, 0.29) is 0 Å². The first-order chi connectivity index (χ1) is 6.35. The highest BCUT2D eigenvalue weighted by atomic mass is 16.5. The zero-order valence-corrected chi connectivity index (χ0v) is 9.05. The first-order valence-electron chi connectivity index (χ1n) is 5.33. The van der Waals surface area contributed by atoms with E-state index in [4.69, 9.17) is 9.47 Å². The highest BCUT2D eigenvalue weighted by Crippen LogP contribution is 2.07. The molecule has 0 N–H and O–H groups in total. The summed E-state index contributed by atoms with van der Waals surface area (Å²) in [6, 6.07) is 0. The average molecular weight is 187 g/mol. The molecule has 0 spiro atoms. The van der Waals surface area contributed by atoms with Gasteiger partial charge in [-0.3, -0.25) is 0 Å². The SMILES string of the molecule is [CH2]CC(CCCC)OCCOCC. The second-order valence-electron chi connectivity index (χ2n) is 3.12. The molecule has 0 bridgehead atoms. The quantitative estimate of drug-likeness (QED) is 0.517. The van der Waals surface area contributed by atoms with E-state index in [2.05, 4.69) is 13.8 Å². The number of hydrogen-bond donors (Lipinski definition) is 0. The molecular weight excluding hydrogens is 164 g/mol. The lowest BCUT2D eigenvalue weighted by Crippen LogP contribution is -2.15. The minimum atomic E-state index is 0.334. The minimum Gasteiger partial charge on any atom is -0.379 e. The van der Waals surface area contributed by atoms with Gasteiger partial charge in [-0.05, 0) is 19.8 Å². The molecule has 2 nitrogen and oxygen atoms in total. The van der Waals surface area contributed by atoms with Crippen molar-refractivity contribution in [2.45, 2.75) is 45.6 Å². The number of unbranched alkanes of at least 4 members (excludes halogenated alkanes) is 1. The summed E-state index contributed by atoms with van der Waals surface area (Å²) in [5.74, 6) is 0. The van der Waals surface area contributed by atoms with Gasteiger partial charge >= 0.3 is 0 Å². The van der Waals surface area contributed by atoms with Gasteiger partial charge in [-0.25, -0.2) is 0 Å². The van der Waals surface area contributed by atoms with E-state index >= 15 is 0 Å². The molecule has 0 saturated carbocycles. The van der Waals surface area contributed by atoms with Crippen LogP contribution in [0.1, 0.15) is 39.5 Å². The molecule has 1 atom stereocenters. The molecule has 0 saturated heterocycles. The van der Waals surface area contributed by atoms with Crippen LogP contribution < -0.4 is 0 Å². The van der Waals surface area contributed by atoms with Crippen molar-refractivity contribution in [3.8, 4) is 0 Å². The van der Waals surface area contributed by atoms with Gasteiger partial charge in [0.25, 0.3) is 0 Å². The number of ether oxygens (including phenoxy) is 2. The summed E-state index contributed by atoms with van der Waals surface area (Å²) in [6.07, 6.45) is 4.79. The fourth-order valence-electron chi connectivity index (χ4n) is 1.16. The van der Waals surface area contributed by atoms with Crippen molar-refractivity contribution in [1.82, 2.24) is 0 Å². The Morgan fingerprint density at radius 1 is 1.23 bits per heavy atom. The number of rotatable bonds is 9. The maximum absolute atomic E-state index is 5.61. The summed E-state index contributed by atoms with van der Waals surface area (Å²) in [5.41, 5.74) is 0. The zero-order valence-electron chi connectivity index (χ0n) is 9.05. The zero-order chi connectivity index (χ0) is 9.94. The lowest BCUT2D eigenvalue weighted by molar-refractivity contribution is 0.00427. The first-order valence-corrected chi connectivity index (χ1v) is 5.33. The first kappa shape index (κ1) is 12.9. The van der Waals surface area contributed by atoms with Gasteiger partial charge in [0.2, 0.25) is 0 Å². The van der Waals surface area contributed by atoms with Gasteiger partial charge in [0.1, 0.15) is 0 Å². The molecule has 79 valence electrons. The fraction of sp³-hybridized carbons (Fsp3) is 0.909. The molecular formula is C11H23O2. The van der Waals surface area contributed by atoms with Crippen molar-refractivity contribution in [3.63, 3.8) is 0 Å². The van der Waals surface area contributed by atoms with Crippen molar-refractivity contribution >= 4 is 0 Å². The molecule has 0 heterocycles. The van der Waals surface area contributed by atoms with E-state index < -0.39 is 0 Å². The second kappa shape index (κ2) is 10.0.